The molecule has 1 N–H and O–H groups in total. The minimum absolute atomic E-state index is 0.0971. The fourth-order valence-electron chi connectivity index (χ4n) is 2.12. The molecule has 0 atom stereocenters. The van der Waals surface area contributed by atoms with E-state index >= 15 is 0 Å². The Morgan fingerprint density at radius 1 is 1.20 bits per heavy atom. The minimum atomic E-state index is -4.76. The van der Waals surface area contributed by atoms with Gasteiger partial charge in [-0.2, -0.15) is 0 Å². The van der Waals surface area contributed by atoms with Gasteiger partial charge in [-0.15, -0.1) is 13.2 Å². The normalized spacial score (nSPS) is 11.0. The van der Waals surface area contributed by atoms with Gasteiger partial charge in [0, 0.05) is 6.42 Å². The third-order valence-corrected chi connectivity index (χ3v) is 3.13. The molecule has 0 spiro atoms. The molecule has 1 aromatic heterocycles. The van der Waals surface area contributed by atoms with E-state index in [1.54, 1.807) is 6.07 Å². The number of nitrogens with one attached hydrogen (secondary N) is 1. The fourth-order valence-corrected chi connectivity index (χ4v) is 2.12. The van der Waals surface area contributed by atoms with E-state index in [0.717, 1.165) is 0 Å². The molecule has 0 fully saturated rings. The molecule has 1 amide bonds. The van der Waals surface area contributed by atoms with Gasteiger partial charge in [0.25, 0.3) is 0 Å². The number of hydrogen-bond acceptors (Lipinski definition) is 4. The number of benzene rings is 1. The summed E-state index contributed by atoms with van der Waals surface area (Å²) in [4.78, 5) is 26.7. The molecule has 0 aliphatic rings. The lowest BCUT2D eigenvalue weighted by molar-refractivity contribution is -0.274. The molecule has 0 saturated heterocycles. The number of anilines is 1. The van der Waals surface area contributed by atoms with E-state index in [-0.39, 0.29) is 23.2 Å². The molecule has 2 rings (SSSR count). The van der Waals surface area contributed by atoms with Gasteiger partial charge in [-0.05, 0) is 41.8 Å². The van der Waals surface area contributed by atoms with Crippen LogP contribution >= 0.6 is 0 Å². The predicted octanol–water partition coefficient (Wildman–Crippen LogP) is 4.20. The molecular weight excluding hydrogens is 337 g/mol. The Labute approximate surface area is 141 Å². The summed E-state index contributed by atoms with van der Waals surface area (Å²) in [6, 6.07) is 8.19. The predicted molar refractivity (Wildman–Crippen MR) is 85.3 cm³/mol. The van der Waals surface area contributed by atoms with Crippen molar-refractivity contribution in [3.63, 3.8) is 0 Å². The van der Waals surface area contributed by atoms with Crippen LogP contribution in [0.3, 0.4) is 0 Å². The Bertz CT molecular complexity index is 759. The lowest BCUT2D eigenvalue weighted by Gasteiger charge is -2.10. The average Bonchev–Trinajstić information content (AvgIpc) is 2.54. The Hall–Kier alpha value is -2.90. The summed E-state index contributed by atoms with van der Waals surface area (Å²) in [6.45, 7) is 1.85. The highest BCUT2D eigenvalue weighted by atomic mass is 19.4. The number of aldehydes is 1. The number of hydrogen-bond donors (Lipinski definition) is 1. The van der Waals surface area contributed by atoms with E-state index in [4.69, 9.17) is 0 Å². The van der Waals surface area contributed by atoms with Gasteiger partial charge in [0.2, 0.25) is 5.91 Å². The van der Waals surface area contributed by atoms with Crippen LogP contribution in [0.1, 0.15) is 30.3 Å². The quantitative estimate of drug-likeness (QED) is 0.791. The maximum Gasteiger partial charge on any atom is 0.573 e. The van der Waals surface area contributed by atoms with Crippen LogP contribution in [0.25, 0.3) is 11.1 Å². The molecule has 0 saturated carbocycles. The molecule has 1 aromatic carbocycles. The number of pyridine rings is 1. The first-order valence-corrected chi connectivity index (χ1v) is 7.44. The number of rotatable bonds is 6. The highest BCUT2D eigenvalue weighted by Crippen LogP contribution is 2.27. The summed E-state index contributed by atoms with van der Waals surface area (Å²) in [5.74, 6) is -0.385. The van der Waals surface area contributed by atoms with Crippen molar-refractivity contribution in [1.82, 2.24) is 4.98 Å². The number of amides is 1. The smallest absolute Gasteiger partial charge is 0.406 e. The summed E-state index contributed by atoms with van der Waals surface area (Å²) >= 11 is 0. The molecule has 2 aromatic rings. The molecule has 8 heteroatoms. The average molecular weight is 352 g/mol. The van der Waals surface area contributed by atoms with Gasteiger partial charge in [-0.3, -0.25) is 9.59 Å². The van der Waals surface area contributed by atoms with Crippen molar-refractivity contribution in [1.29, 1.82) is 0 Å². The van der Waals surface area contributed by atoms with Crippen LogP contribution in [0.5, 0.6) is 5.75 Å². The van der Waals surface area contributed by atoms with Crippen LogP contribution in [0.15, 0.2) is 36.4 Å². The Morgan fingerprint density at radius 2 is 1.88 bits per heavy atom. The zero-order chi connectivity index (χ0) is 18.4. The second-order valence-electron chi connectivity index (χ2n) is 5.15. The maximum absolute atomic E-state index is 12.2. The zero-order valence-electron chi connectivity index (χ0n) is 13.3. The first-order chi connectivity index (χ1) is 11.8. The van der Waals surface area contributed by atoms with E-state index in [1.165, 1.54) is 30.3 Å². The van der Waals surface area contributed by atoms with Gasteiger partial charge in [-0.25, -0.2) is 4.98 Å². The van der Waals surface area contributed by atoms with Gasteiger partial charge < -0.3 is 10.1 Å². The van der Waals surface area contributed by atoms with E-state index in [9.17, 15) is 22.8 Å². The van der Waals surface area contributed by atoms with Crippen molar-refractivity contribution in [2.24, 2.45) is 0 Å². The van der Waals surface area contributed by atoms with Gasteiger partial charge in [-0.1, -0.05) is 19.1 Å². The summed E-state index contributed by atoms with van der Waals surface area (Å²) in [6.07, 6.45) is -3.27. The number of nitrogens with zero attached hydrogens (tertiary/aromatic N) is 1. The first-order valence-electron chi connectivity index (χ1n) is 7.44. The molecule has 132 valence electrons. The van der Waals surface area contributed by atoms with Crippen molar-refractivity contribution < 1.29 is 27.5 Å². The van der Waals surface area contributed by atoms with Crippen LogP contribution in [0.2, 0.25) is 0 Å². The SMILES string of the molecule is CCCC(=O)Nc1cc(-c2ccc(OC(F)(F)F)cc2)cc(C=O)n1. The molecular formula is C17H15F3N2O3. The van der Waals surface area contributed by atoms with Crippen molar-refractivity contribution in [2.45, 2.75) is 26.1 Å². The van der Waals surface area contributed by atoms with E-state index < -0.39 is 6.36 Å². The topological polar surface area (TPSA) is 68.3 Å². The van der Waals surface area contributed by atoms with Crippen LogP contribution in [0, 0.1) is 0 Å². The lowest BCUT2D eigenvalue weighted by atomic mass is 10.1. The van der Waals surface area contributed by atoms with Gasteiger partial charge >= 0.3 is 6.36 Å². The van der Waals surface area contributed by atoms with E-state index in [2.05, 4.69) is 15.0 Å². The minimum Gasteiger partial charge on any atom is -0.406 e. The number of aromatic nitrogens is 1. The van der Waals surface area contributed by atoms with Gasteiger partial charge in [0.15, 0.2) is 6.29 Å². The van der Waals surface area contributed by atoms with Crippen LogP contribution in [0.4, 0.5) is 19.0 Å². The second kappa shape index (κ2) is 7.78. The van der Waals surface area contributed by atoms with Crippen molar-refractivity contribution >= 4 is 18.0 Å². The first kappa shape index (κ1) is 18.4. The van der Waals surface area contributed by atoms with Crippen LogP contribution in [-0.2, 0) is 4.79 Å². The van der Waals surface area contributed by atoms with Crippen molar-refractivity contribution in [3.05, 3.63) is 42.1 Å². The standard InChI is InChI=1S/C17H15F3N2O3/c1-2-3-16(24)22-15-9-12(8-13(10-23)21-15)11-4-6-14(7-5-11)25-17(18,19)20/h4-10H,2-3H2,1H3,(H,21,22,24). The molecule has 25 heavy (non-hydrogen) atoms. The Balaban J connectivity index is 2.28. The lowest BCUT2D eigenvalue weighted by Crippen LogP contribution is -2.16. The molecule has 0 bridgehead atoms. The zero-order valence-corrected chi connectivity index (χ0v) is 13.3. The summed E-state index contributed by atoms with van der Waals surface area (Å²) in [7, 11) is 0. The van der Waals surface area contributed by atoms with Crippen LogP contribution in [-0.4, -0.2) is 23.5 Å². The Morgan fingerprint density at radius 3 is 2.44 bits per heavy atom. The number of carbonyl (C=O) groups is 2. The highest BCUT2D eigenvalue weighted by Gasteiger charge is 2.30. The van der Waals surface area contributed by atoms with Gasteiger partial charge in [0.05, 0.1) is 0 Å². The number of halogens is 3. The fraction of sp³-hybridized carbons (Fsp3) is 0.235. The Kier molecular flexibility index (Phi) is 5.74. The maximum atomic E-state index is 12.2. The second-order valence-corrected chi connectivity index (χ2v) is 5.15. The van der Waals surface area contributed by atoms with E-state index in [1.807, 2.05) is 6.92 Å². The van der Waals surface area contributed by atoms with Crippen LogP contribution < -0.4 is 10.1 Å². The molecule has 0 radical (unpaired) electrons. The molecule has 5 nitrogen and oxygen atoms in total. The third-order valence-electron chi connectivity index (χ3n) is 3.13. The summed E-state index contributed by atoms with van der Waals surface area (Å²) < 4.78 is 40.4. The molecule has 0 unspecified atom stereocenters. The monoisotopic (exact) mass is 352 g/mol. The number of ether oxygens (including phenoxy) is 1. The number of alkyl halides is 3. The van der Waals surface area contributed by atoms with Crippen molar-refractivity contribution in [2.75, 3.05) is 5.32 Å². The molecule has 0 aliphatic carbocycles. The molecule has 1 heterocycles. The summed E-state index contributed by atoms with van der Waals surface area (Å²) in [5, 5.41) is 2.59. The van der Waals surface area contributed by atoms with Crippen molar-refractivity contribution in [3.8, 4) is 16.9 Å². The van der Waals surface area contributed by atoms with Gasteiger partial charge in [0.1, 0.15) is 17.3 Å². The van der Waals surface area contributed by atoms with E-state index in [0.29, 0.717) is 30.3 Å². The summed E-state index contributed by atoms with van der Waals surface area (Å²) in [5.41, 5.74) is 1.17. The largest absolute Gasteiger partial charge is 0.573 e. The number of carbonyl (C=O) groups excluding carboxylic acids is 2. The molecule has 0 aliphatic heterocycles. The highest BCUT2D eigenvalue weighted by molar-refractivity contribution is 5.91. The third kappa shape index (κ3) is 5.59.